The van der Waals surface area contributed by atoms with E-state index in [4.69, 9.17) is 44.3 Å². The molecule has 4 nitrogen and oxygen atoms in total. The van der Waals surface area contributed by atoms with Gasteiger partial charge in [-0.1, -0.05) is 40.9 Å². The van der Waals surface area contributed by atoms with Crippen molar-refractivity contribution < 1.29 is 14.3 Å². The highest BCUT2D eigenvalue weighted by molar-refractivity contribution is 6.35. The Morgan fingerprint density at radius 3 is 2.52 bits per heavy atom. The molecule has 0 radical (unpaired) electrons. The molecule has 1 aliphatic heterocycles. The van der Waals surface area contributed by atoms with Crippen LogP contribution in [0.5, 0.6) is 5.75 Å². The number of hydrogen-bond donors (Lipinski definition) is 0. The number of carbonyl (C=O) groups excluding carboxylic acids is 1. The Morgan fingerprint density at radius 2 is 1.85 bits per heavy atom. The largest absolute Gasteiger partial charge is 0.484 e. The van der Waals surface area contributed by atoms with Gasteiger partial charge in [0.05, 0.1) is 6.10 Å². The van der Waals surface area contributed by atoms with E-state index >= 15 is 0 Å². The van der Waals surface area contributed by atoms with E-state index in [1.54, 1.807) is 41.3 Å². The first kappa shape index (κ1) is 20.3. The van der Waals surface area contributed by atoms with Crippen molar-refractivity contribution in [3.63, 3.8) is 0 Å². The normalized spacial score (nSPS) is 16.3. The van der Waals surface area contributed by atoms with Gasteiger partial charge in [0.2, 0.25) is 0 Å². The van der Waals surface area contributed by atoms with Crippen molar-refractivity contribution in [1.29, 1.82) is 0 Å². The molecule has 1 amide bonds. The van der Waals surface area contributed by atoms with Gasteiger partial charge in [0.15, 0.2) is 6.61 Å². The van der Waals surface area contributed by atoms with Crippen LogP contribution in [0.3, 0.4) is 0 Å². The number of carbonyl (C=O) groups is 1. The highest BCUT2D eigenvalue weighted by atomic mass is 35.5. The van der Waals surface area contributed by atoms with E-state index in [0.29, 0.717) is 33.9 Å². The maximum Gasteiger partial charge on any atom is 0.260 e. The van der Waals surface area contributed by atoms with Crippen LogP contribution in [0, 0.1) is 0 Å². The van der Waals surface area contributed by atoms with Crippen LogP contribution >= 0.6 is 34.8 Å². The summed E-state index contributed by atoms with van der Waals surface area (Å²) in [5.74, 6) is 0.459. The predicted octanol–water partition coefficient (Wildman–Crippen LogP) is 5.23. The van der Waals surface area contributed by atoms with Crippen molar-refractivity contribution in [2.75, 3.05) is 19.8 Å². The molecule has 7 heteroatoms. The Balaban J connectivity index is 1.67. The van der Waals surface area contributed by atoms with Crippen LogP contribution in [0.2, 0.25) is 15.1 Å². The standard InChI is InChI=1S/C20H20Cl3NO3/c21-15-5-7-17(8-6-15)27-13-20(25)24(12-18-2-1-9-26-18)11-14-3-4-16(22)10-19(14)23/h3-8,10,18H,1-2,9,11-13H2/t18-/m0/s1. The summed E-state index contributed by atoms with van der Waals surface area (Å²) in [6, 6.07) is 12.2. The summed E-state index contributed by atoms with van der Waals surface area (Å²) in [4.78, 5) is 14.5. The third-order valence-electron chi connectivity index (χ3n) is 4.35. The molecule has 2 aromatic rings. The molecule has 0 unspecified atom stereocenters. The van der Waals surface area contributed by atoms with E-state index in [0.717, 1.165) is 25.0 Å². The van der Waals surface area contributed by atoms with Gasteiger partial charge in [-0.3, -0.25) is 4.79 Å². The van der Waals surface area contributed by atoms with Gasteiger partial charge in [-0.2, -0.15) is 0 Å². The minimum Gasteiger partial charge on any atom is -0.484 e. The van der Waals surface area contributed by atoms with Crippen LogP contribution in [0.4, 0.5) is 0 Å². The lowest BCUT2D eigenvalue weighted by Gasteiger charge is -2.26. The molecule has 2 aromatic carbocycles. The Hall–Kier alpha value is -1.46. The quantitative estimate of drug-likeness (QED) is 0.606. The highest BCUT2D eigenvalue weighted by Gasteiger charge is 2.23. The Bertz CT molecular complexity index is 777. The van der Waals surface area contributed by atoms with Crippen molar-refractivity contribution in [3.05, 3.63) is 63.1 Å². The number of hydrogen-bond acceptors (Lipinski definition) is 3. The minimum absolute atomic E-state index is 0.0376. The lowest BCUT2D eigenvalue weighted by Crippen LogP contribution is -2.39. The molecule has 1 fully saturated rings. The molecule has 0 saturated carbocycles. The second-order valence-electron chi connectivity index (χ2n) is 6.39. The van der Waals surface area contributed by atoms with Gasteiger partial charge in [0.1, 0.15) is 5.75 Å². The van der Waals surface area contributed by atoms with Gasteiger partial charge in [-0.05, 0) is 54.8 Å². The Labute approximate surface area is 173 Å². The molecule has 1 saturated heterocycles. The molecule has 27 heavy (non-hydrogen) atoms. The summed E-state index contributed by atoms with van der Waals surface area (Å²) in [5.41, 5.74) is 0.832. The number of halogens is 3. The van der Waals surface area contributed by atoms with Crippen LogP contribution in [0.1, 0.15) is 18.4 Å². The summed E-state index contributed by atoms with van der Waals surface area (Å²) in [6.07, 6.45) is 1.99. The van der Waals surface area contributed by atoms with Crippen LogP contribution in [0.15, 0.2) is 42.5 Å². The maximum absolute atomic E-state index is 12.8. The molecule has 144 valence electrons. The van der Waals surface area contributed by atoms with Gasteiger partial charge >= 0.3 is 0 Å². The third-order valence-corrected chi connectivity index (χ3v) is 5.19. The van der Waals surface area contributed by atoms with Gasteiger partial charge < -0.3 is 14.4 Å². The smallest absolute Gasteiger partial charge is 0.260 e. The topological polar surface area (TPSA) is 38.8 Å². The first-order chi connectivity index (χ1) is 13.0. The van der Waals surface area contributed by atoms with Crippen LogP contribution < -0.4 is 4.74 Å². The number of ether oxygens (including phenoxy) is 2. The maximum atomic E-state index is 12.8. The lowest BCUT2D eigenvalue weighted by atomic mass is 10.1. The summed E-state index contributed by atoms with van der Waals surface area (Å²) in [7, 11) is 0. The average Bonchev–Trinajstić information content (AvgIpc) is 3.15. The fourth-order valence-corrected chi connectivity index (χ4v) is 3.51. The van der Waals surface area contributed by atoms with E-state index in [9.17, 15) is 4.79 Å². The zero-order valence-corrected chi connectivity index (χ0v) is 16.9. The molecule has 0 N–H and O–H groups in total. The zero-order chi connectivity index (χ0) is 19.2. The van der Waals surface area contributed by atoms with Crippen LogP contribution in [-0.4, -0.2) is 36.7 Å². The lowest BCUT2D eigenvalue weighted by molar-refractivity contribution is -0.135. The van der Waals surface area contributed by atoms with Gasteiger partial charge in [-0.15, -0.1) is 0 Å². The highest BCUT2D eigenvalue weighted by Crippen LogP contribution is 2.24. The monoisotopic (exact) mass is 427 g/mol. The molecule has 0 aromatic heterocycles. The van der Waals surface area contributed by atoms with Crippen molar-refractivity contribution in [3.8, 4) is 5.75 Å². The first-order valence-electron chi connectivity index (χ1n) is 8.73. The van der Waals surface area contributed by atoms with Crippen LogP contribution in [0.25, 0.3) is 0 Å². The molecular formula is C20H20Cl3NO3. The van der Waals surface area contributed by atoms with Crippen molar-refractivity contribution >= 4 is 40.7 Å². The van der Waals surface area contributed by atoms with Crippen molar-refractivity contribution in [2.24, 2.45) is 0 Å². The molecule has 0 spiro atoms. The Kier molecular flexibility index (Phi) is 7.25. The number of rotatable bonds is 7. The second kappa shape index (κ2) is 9.65. The first-order valence-corrected chi connectivity index (χ1v) is 9.86. The number of benzene rings is 2. The fourth-order valence-electron chi connectivity index (χ4n) is 2.91. The molecule has 0 aliphatic carbocycles. The number of nitrogens with zero attached hydrogens (tertiary/aromatic N) is 1. The molecule has 3 rings (SSSR count). The Morgan fingerprint density at radius 1 is 1.11 bits per heavy atom. The molecule has 0 bridgehead atoms. The molecular weight excluding hydrogens is 409 g/mol. The summed E-state index contributed by atoms with van der Waals surface area (Å²) in [5, 5.41) is 1.71. The van der Waals surface area contributed by atoms with Crippen molar-refractivity contribution in [1.82, 2.24) is 4.90 Å². The third kappa shape index (κ3) is 6.01. The minimum atomic E-state index is -0.133. The van der Waals surface area contributed by atoms with Gasteiger partial charge in [-0.25, -0.2) is 0 Å². The van der Waals surface area contributed by atoms with E-state index < -0.39 is 0 Å². The SMILES string of the molecule is O=C(COc1ccc(Cl)cc1)N(Cc1ccc(Cl)cc1Cl)C[C@@H]1CCCO1. The van der Waals surface area contributed by atoms with E-state index in [-0.39, 0.29) is 18.6 Å². The van der Waals surface area contributed by atoms with Crippen molar-refractivity contribution in [2.45, 2.75) is 25.5 Å². The molecule has 1 aliphatic rings. The van der Waals surface area contributed by atoms with E-state index in [2.05, 4.69) is 0 Å². The summed E-state index contributed by atoms with van der Waals surface area (Å²) >= 11 is 18.1. The zero-order valence-electron chi connectivity index (χ0n) is 14.7. The van der Waals surface area contributed by atoms with E-state index in [1.807, 2.05) is 6.07 Å². The number of amides is 1. The van der Waals surface area contributed by atoms with Gasteiger partial charge in [0, 0.05) is 34.8 Å². The fraction of sp³-hybridized carbons (Fsp3) is 0.350. The second-order valence-corrected chi connectivity index (χ2v) is 7.67. The van der Waals surface area contributed by atoms with Gasteiger partial charge in [0.25, 0.3) is 5.91 Å². The predicted molar refractivity (Wildman–Crippen MR) is 108 cm³/mol. The molecule has 1 atom stereocenters. The summed E-state index contributed by atoms with van der Waals surface area (Å²) in [6.45, 7) is 1.54. The molecule has 1 heterocycles. The summed E-state index contributed by atoms with van der Waals surface area (Å²) < 4.78 is 11.3. The van der Waals surface area contributed by atoms with Crippen LogP contribution in [-0.2, 0) is 16.1 Å². The average molecular weight is 429 g/mol. The van der Waals surface area contributed by atoms with E-state index in [1.165, 1.54) is 0 Å².